The number of carboxylic acid groups (broad SMARTS) is 1. The smallest absolute Gasteiger partial charge is 0.306 e. The summed E-state index contributed by atoms with van der Waals surface area (Å²) in [7, 11) is 5.42. The van der Waals surface area contributed by atoms with Crippen LogP contribution in [0.15, 0.2) is 36.5 Å². The maximum absolute atomic E-state index is 12.8. The number of carbonyl (C=O) groups is 3. The molecule has 0 spiro atoms. The van der Waals surface area contributed by atoms with E-state index in [2.05, 4.69) is 50.3 Å². The van der Waals surface area contributed by atoms with Gasteiger partial charge in [0.25, 0.3) is 0 Å². The van der Waals surface area contributed by atoms with Crippen molar-refractivity contribution in [2.45, 2.75) is 244 Å². The first-order valence-corrected chi connectivity index (χ1v) is 25.5. The summed E-state index contributed by atoms with van der Waals surface area (Å²) in [6.07, 6.45) is 51.7. The molecule has 0 rings (SSSR count). The second kappa shape index (κ2) is 44.2. The first-order chi connectivity index (χ1) is 29.6. The molecule has 0 amide bonds. The van der Waals surface area contributed by atoms with E-state index in [0.717, 1.165) is 57.8 Å². The number of aliphatic carboxylic acids is 1. The minimum absolute atomic E-state index is 0.0424. The average Bonchev–Trinajstić information content (AvgIpc) is 3.22. The Bertz CT molecular complexity index is 1090. The van der Waals surface area contributed by atoms with Crippen molar-refractivity contribution in [2.24, 2.45) is 0 Å². The molecule has 8 nitrogen and oxygen atoms in total. The van der Waals surface area contributed by atoms with E-state index >= 15 is 0 Å². The molecular weight excluding hydrogens is 763 g/mol. The molecule has 0 bridgehead atoms. The van der Waals surface area contributed by atoms with Crippen LogP contribution in [0.2, 0.25) is 0 Å². The molecular formula is C53H97NO7. The highest BCUT2D eigenvalue weighted by Crippen LogP contribution is 2.16. The van der Waals surface area contributed by atoms with E-state index in [1.165, 1.54) is 141 Å². The molecule has 2 atom stereocenters. The molecule has 0 aliphatic heterocycles. The highest BCUT2D eigenvalue weighted by atomic mass is 16.6. The van der Waals surface area contributed by atoms with Gasteiger partial charge in [-0.1, -0.05) is 204 Å². The van der Waals surface area contributed by atoms with Crippen LogP contribution in [0.3, 0.4) is 0 Å². The van der Waals surface area contributed by atoms with Crippen LogP contribution in [-0.4, -0.2) is 75.5 Å². The summed E-state index contributed by atoms with van der Waals surface area (Å²) in [4.78, 5) is 37.0. The molecule has 61 heavy (non-hydrogen) atoms. The summed E-state index contributed by atoms with van der Waals surface area (Å²) < 4.78 is 17.3. The van der Waals surface area contributed by atoms with Crippen molar-refractivity contribution in [3.05, 3.63) is 36.5 Å². The van der Waals surface area contributed by atoms with Gasteiger partial charge in [0.2, 0.25) is 0 Å². The van der Waals surface area contributed by atoms with Gasteiger partial charge in [0.1, 0.15) is 12.6 Å². The predicted molar refractivity (Wildman–Crippen MR) is 254 cm³/mol. The maximum atomic E-state index is 12.8. The summed E-state index contributed by atoms with van der Waals surface area (Å²) >= 11 is 0. The Hall–Kier alpha value is -2.45. The fraction of sp³-hybridized carbons (Fsp3) is 0.830. The lowest BCUT2D eigenvalue weighted by Gasteiger charge is -2.34. The van der Waals surface area contributed by atoms with Crippen molar-refractivity contribution in [3.8, 4) is 0 Å². The monoisotopic (exact) mass is 860 g/mol. The molecule has 8 heteroatoms. The number of carboxylic acids is 1. The number of unbranched alkanes of at least 4 members (excludes halogenated alkanes) is 26. The molecule has 356 valence electrons. The van der Waals surface area contributed by atoms with Crippen LogP contribution in [0, 0.1) is 0 Å². The van der Waals surface area contributed by atoms with E-state index < -0.39 is 18.1 Å². The fourth-order valence-electron chi connectivity index (χ4n) is 7.62. The van der Waals surface area contributed by atoms with Crippen LogP contribution in [0.5, 0.6) is 0 Å². The third-order valence-corrected chi connectivity index (χ3v) is 11.5. The number of carbonyl (C=O) groups excluding carboxylic acids is 3. The Morgan fingerprint density at radius 1 is 0.508 bits per heavy atom. The summed E-state index contributed by atoms with van der Waals surface area (Å²) in [5, 5.41) is 11.7. The van der Waals surface area contributed by atoms with E-state index in [1.54, 1.807) is 21.1 Å². The molecule has 0 radical (unpaired) electrons. The second-order valence-electron chi connectivity index (χ2n) is 18.4. The van der Waals surface area contributed by atoms with Crippen LogP contribution < -0.4 is 5.11 Å². The molecule has 0 fully saturated rings. The summed E-state index contributed by atoms with van der Waals surface area (Å²) in [5.74, 6) is -1.73. The van der Waals surface area contributed by atoms with Crippen LogP contribution >= 0.6 is 0 Å². The van der Waals surface area contributed by atoms with Gasteiger partial charge < -0.3 is 28.6 Å². The highest BCUT2D eigenvalue weighted by molar-refractivity contribution is 5.70. The lowest BCUT2D eigenvalue weighted by molar-refractivity contribution is -0.889. The van der Waals surface area contributed by atoms with Gasteiger partial charge in [-0.25, -0.2) is 0 Å². The number of hydrogen-bond acceptors (Lipinski definition) is 7. The van der Waals surface area contributed by atoms with E-state index in [9.17, 15) is 19.5 Å². The molecule has 0 saturated carbocycles. The first kappa shape index (κ1) is 58.6. The Balaban J connectivity index is 4.23. The molecule has 0 aromatic heterocycles. The Morgan fingerprint density at radius 3 is 1.36 bits per heavy atom. The molecule has 0 aromatic carbocycles. The van der Waals surface area contributed by atoms with Gasteiger partial charge >= 0.3 is 11.9 Å². The van der Waals surface area contributed by atoms with E-state index in [0.29, 0.717) is 12.8 Å². The van der Waals surface area contributed by atoms with Crippen molar-refractivity contribution in [1.29, 1.82) is 0 Å². The summed E-state index contributed by atoms with van der Waals surface area (Å²) in [6.45, 7) is 4.58. The van der Waals surface area contributed by atoms with Crippen molar-refractivity contribution < 1.29 is 38.2 Å². The molecule has 0 saturated heterocycles. The summed E-state index contributed by atoms with van der Waals surface area (Å²) in [6, 6.07) is -0.725. The number of esters is 2. The van der Waals surface area contributed by atoms with Crippen molar-refractivity contribution in [1.82, 2.24) is 0 Å². The third-order valence-electron chi connectivity index (χ3n) is 11.5. The minimum Gasteiger partial charge on any atom is -0.544 e. The number of hydrogen-bond donors (Lipinski definition) is 0. The van der Waals surface area contributed by atoms with Crippen molar-refractivity contribution in [3.63, 3.8) is 0 Å². The van der Waals surface area contributed by atoms with Crippen molar-refractivity contribution in [2.75, 3.05) is 41.0 Å². The van der Waals surface area contributed by atoms with E-state index in [1.807, 2.05) is 0 Å². The topological polar surface area (TPSA) is 102 Å². The van der Waals surface area contributed by atoms with Gasteiger partial charge in [0, 0.05) is 19.3 Å². The number of rotatable bonds is 46. The number of nitrogens with zero attached hydrogens (tertiary/aromatic N) is 1. The SMILES string of the molecule is CC/C=C/C/C=C/C/C=C/CCCCCCCCCCCCC(=O)OC(COCCC(C(=O)[O-])[N+](C)(C)C)COC(=O)CCCCCCCCCCCCCCCCCCC. The highest BCUT2D eigenvalue weighted by Gasteiger charge is 2.25. The van der Waals surface area contributed by atoms with Crippen LogP contribution in [0.1, 0.15) is 232 Å². The molecule has 0 aliphatic rings. The van der Waals surface area contributed by atoms with Crippen LogP contribution in [-0.2, 0) is 28.6 Å². The number of likely N-dealkylation sites (N-methyl/N-ethyl adjacent to an activating group) is 1. The fourth-order valence-corrected chi connectivity index (χ4v) is 7.62. The largest absolute Gasteiger partial charge is 0.544 e. The van der Waals surface area contributed by atoms with Crippen LogP contribution in [0.25, 0.3) is 0 Å². The molecule has 2 unspecified atom stereocenters. The number of quaternary nitrogens is 1. The van der Waals surface area contributed by atoms with Gasteiger partial charge in [0.15, 0.2) is 6.10 Å². The zero-order chi connectivity index (χ0) is 44.9. The van der Waals surface area contributed by atoms with Gasteiger partial charge in [-0.2, -0.15) is 0 Å². The molecule has 0 aromatic rings. The Morgan fingerprint density at radius 2 is 0.918 bits per heavy atom. The van der Waals surface area contributed by atoms with E-state index in [-0.39, 0.29) is 42.7 Å². The second-order valence-corrected chi connectivity index (χ2v) is 18.4. The zero-order valence-electron chi connectivity index (χ0n) is 40.6. The zero-order valence-corrected chi connectivity index (χ0v) is 40.6. The van der Waals surface area contributed by atoms with Gasteiger partial charge in [-0.3, -0.25) is 9.59 Å². The number of allylic oxidation sites excluding steroid dienone is 6. The molecule has 0 N–H and O–H groups in total. The number of ether oxygens (including phenoxy) is 3. The standard InChI is InChI=1S/C53H97NO7/c1-6-8-10-12-14-16-18-20-22-24-25-26-28-30-32-34-36-38-40-42-44-52(56)61-49(47-59-46-45-50(53(57)58)54(3,4)5)48-60-51(55)43-41-39-37-35-33-31-29-27-23-21-19-17-15-13-11-9-7-2/h8,10,14,16,20,22,49-50H,6-7,9,11-13,15,17-19,21,23-48H2,1-5H3/b10-8+,16-14+,22-20+. The maximum Gasteiger partial charge on any atom is 0.306 e. The summed E-state index contributed by atoms with van der Waals surface area (Å²) in [5.41, 5.74) is 0. The van der Waals surface area contributed by atoms with Gasteiger partial charge in [0.05, 0.1) is 40.3 Å². The Labute approximate surface area is 376 Å². The third kappa shape index (κ3) is 42.6. The average molecular weight is 860 g/mol. The first-order valence-electron chi connectivity index (χ1n) is 25.5. The van der Waals surface area contributed by atoms with Gasteiger partial charge in [-0.15, -0.1) is 0 Å². The predicted octanol–water partition coefficient (Wildman–Crippen LogP) is 13.3. The van der Waals surface area contributed by atoms with Crippen molar-refractivity contribution >= 4 is 17.9 Å². The normalized spacial score (nSPS) is 13.1. The molecule has 0 heterocycles. The minimum atomic E-state index is -1.12. The van der Waals surface area contributed by atoms with E-state index in [4.69, 9.17) is 14.2 Å². The molecule has 0 aliphatic carbocycles. The lowest BCUT2D eigenvalue weighted by atomic mass is 10.0. The van der Waals surface area contributed by atoms with Gasteiger partial charge in [-0.05, 0) is 44.9 Å². The Kier molecular flexibility index (Phi) is 42.4. The van der Waals surface area contributed by atoms with Crippen LogP contribution in [0.4, 0.5) is 0 Å². The lowest BCUT2D eigenvalue weighted by Crippen LogP contribution is -2.55. The quantitative estimate of drug-likeness (QED) is 0.0260.